The molecule has 0 aromatic heterocycles. The van der Waals surface area contributed by atoms with Crippen LogP contribution < -0.4 is 0 Å². The molecule has 58 valence electrons. The van der Waals surface area contributed by atoms with Crippen LogP contribution in [0.1, 0.15) is 20.8 Å². The summed E-state index contributed by atoms with van der Waals surface area (Å²) >= 11 is 0. The zero-order chi connectivity index (χ0) is 8.41. The third-order valence-corrected chi connectivity index (χ3v) is 0.713. The van der Waals surface area contributed by atoms with Crippen molar-refractivity contribution >= 4 is 6.21 Å². The summed E-state index contributed by atoms with van der Waals surface area (Å²) in [6, 6.07) is 0. The maximum absolute atomic E-state index is 3.81. The number of allylic oxidation sites excluding steroid dienone is 3. The van der Waals surface area contributed by atoms with Crippen molar-refractivity contribution in [1.82, 2.24) is 0 Å². The van der Waals surface area contributed by atoms with Crippen LogP contribution in [0, 0.1) is 0 Å². The molecule has 0 aromatic rings. The lowest BCUT2D eigenvalue weighted by Crippen LogP contribution is -1.73. The van der Waals surface area contributed by atoms with E-state index in [2.05, 4.69) is 11.6 Å². The van der Waals surface area contributed by atoms with Gasteiger partial charge in [-0.2, -0.15) is 0 Å². The first-order valence-corrected chi connectivity index (χ1v) is 3.52. The summed E-state index contributed by atoms with van der Waals surface area (Å²) in [5.41, 5.74) is 1.13. The molecule has 10 heavy (non-hydrogen) atoms. The Morgan fingerprint density at radius 3 is 2.20 bits per heavy atom. The smallest absolute Gasteiger partial charge is 0.0277 e. The van der Waals surface area contributed by atoms with Crippen LogP contribution in [0.25, 0.3) is 0 Å². The zero-order valence-electron chi connectivity index (χ0n) is 7.39. The molecular weight excluding hydrogens is 122 g/mol. The van der Waals surface area contributed by atoms with Crippen molar-refractivity contribution in [3.63, 3.8) is 0 Å². The predicted octanol–water partition coefficient (Wildman–Crippen LogP) is 2.85. The van der Waals surface area contributed by atoms with Crippen molar-refractivity contribution < 1.29 is 0 Å². The molecule has 0 aromatic carbocycles. The number of hydrogen-bond donors (Lipinski definition) is 0. The first kappa shape index (κ1) is 11.9. The van der Waals surface area contributed by atoms with E-state index >= 15 is 0 Å². The van der Waals surface area contributed by atoms with Crippen LogP contribution in [0.4, 0.5) is 0 Å². The predicted molar refractivity (Wildman–Crippen MR) is 49.7 cm³/mol. The Morgan fingerprint density at radius 1 is 1.40 bits per heavy atom. The van der Waals surface area contributed by atoms with E-state index in [1.165, 1.54) is 0 Å². The van der Waals surface area contributed by atoms with E-state index < -0.39 is 0 Å². The van der Waals surface area contributed by atoms with Gasteiger partial charge in [-0.3, -0.25) is 4.99 Å². The van der Waals surface area contributed by atoms with Crippen LogP contribution in [0.3, 0.4) is 0 Å². The van der Waals surface area contributed by atoms with Crippen LogP contribution in [0.15, 0.2) is 29.3 Å². The lowest BCUT2D eigenvalue weighted by atomic mass is 10.3. The van der Waals surface area contributed by atoms with E-state index in [1.54, 1.807) is 19.3 Å². The summed E-state index contributed by atoms with van der Waals surface area (Å²) in [6.07, 6.45) is 5.45. The van der Waals surface area contributed by atoms with Crippen molar-refractivity contribution in [3.05, 3.63) is 24.3 Å². The van der Waals surface area contributed by atoms with Gasteiger partial charge in [-0.15, -0.1) is 0 Å². The highest BCUT2D eigenvalue weighted by Crippen LogP contribution is 1.85. The van der Waals surface area contributed by atoms with Crippen LogP contribution in [0.2, 0.25) is 0 Å². The summed E-state index contributed by atoms with van der Waals surface area (Å²) in [7, 11) is 1.75. The van der Waals surface area contributed by atoms with E-state index in [9.17, 15) is 0 Å². The second kappa shape index (κ2) is 11.0. The molecule has 0 unspecified atom stereocenters. The van der Waals surface area contributed by atoms with Crippen LogP contribution in [-0.4, -0.2) is 13.3 Å². The minimum Gasteiger partial charge on any atom is -0.296 e. The molecule has 1 nitrogen and oxygen atoms in total. The van der Waals surface area contributed by atoms with Crippen LogP contribution in [-0.2, 0) is 0 Å². The van der Waals surface area contributed by atoms with Crippen molar-refractivity contribution in [2.45, 2.75) is 20.8 Å². The van der Waals surface area contributed by atoms with Gasteiger partial charge in [0.1, 0.15) is 0 Å². The topological polar surface area (TPSA) is 12.4 Å². The van der Waals surface area contributed by atoms with E-state index in [1.807, 2.05) is 26.8 Å². The van der Waals surface area contributed by atoms with E-state index in [0.717, 1.165) is 5.57 Å². The minimum absolute atomic E-state index is 1.13. The quantitative estimate of drug-likeness (QED) is 0.412. The van der Waals surface area contributed by atoms with Gasteiger partial charge < -0.3 is 0 Å². The maximum Gasteiger partial charge on any atom is 0.0277 e. The molecule has 0 spiro atoms. The summed E-state index contributed by atoms with van der Waals surface area (Å²) in [4.78, 5) is 3.81. The van der Waals surface area contributed by atoms with Gasteiger partial charge >= 0.3 is 0 Å². The average Bonchev–Trinajstić information content (AvgIpc) is 1.93. The molecule has 0 N–H and O–H groups in total. The Labute approximate surface area is 64.2 Å². The Balaban J connectivity index is 0. The summed E-state index contributed by atoms with van der Waals surface area (Å²) in [6.45, 7) is 9.53. The molecule has 0 radical (unpaired) electrons. The molecule has 0 saturated heterocycles. The van der Waals surface area contributed by atoms with Crippen LogP contribution >= 0.6 is 0 Å². The van der Waals surface area contributed by atoms with Gasteiger partial charge in [-0.25, -0.2) is 0 Å². The lowest BCUT2D eigenvalue weighted by molar-refractivity contribution is 1.45. The minimum atomic E-state index is 1.13. The van der Waals surface area contributed by atoms with E-state index in [4.69, 9.17) is 0 Å². The third-order valence-electron chi connectivity index (χ3n) is 0.713. The van der Waals surface area contributed by atoms with Gasteiger partial charge in [0, 0.05) is 13.3 Å². The normalized spacial score (nSPS) is 10.6. The van der Waals surface area contributed by atoms with Gasteiger partial charge in [0.15, 0.2) is 0 Å². The molecule has 0 heterocycles. The highest BCUT2D eigenvalue weighted by molar-refractivity contribution is 5.77. The second-order valence-corrected chi connectivity index (χ2v) is 1.53. The summed E-state index contributed by atoms with van der Waals surface area (Å²) in [5.74, 6) is 0. The standard InChI is InChI=1S/C7H11N.C2H6/c1-4-5-7(2)6-8-3;1-2/h4-6H,1H2,2-3H3;1-2H3/b7-5-,8-6?;. The Kier molecular flexibility index (Phi) is 13.1. The SMILES string of the molecule is C=C/C=C(/C)C=NC.CC. The largest absolute Gasteiger partial charge is 0.296 e. The zero-order valence-corrected chi connectivity index (χ0v) is 7.39. The number of nitrogens with zero attached hydrogens (tertiary/aromatic N) is 1. The molecule has 1 heteroatoms. The van der Waals surface area contributed by atoms with Crippen LogP contribution in [0.5, 0.6) is 0 Å². The molecule has 0 aliphatic rings. The fraction of sp³-hybridized carbons (Fsp3) is 0.444. The maximum atomic E-state index is 3.81. The third kappa shape index (κ3) is 10.2. The summed E-state index contributed by atoms with van der Waals surface area (Å²) < 4.78 is 0. The molecule has 0 atom stereocenters. The van der Waals surface area contributed by atoms with Gasteiger partial charge in [0.2, 0.25) is 0 Å². The first-order chi connectivity index (χ1) is 4.81. The Morgan fingerprint density at radius 2 is 1.90 bits per heavy atom. The van der Waals surface area contributed by atoms with Gasteiger partial charge in [-0.1, -0.05) is 32.6 Å². The van der Waals surface area contributed by atoms with E-state index in [-0.39, 0.29) is 0 Å². The van der Waals surface area contributed by atoms with Crippen molar-refractivity contribution in [3.8, 4) is 0 Å². The molecule has 0 rings (SSSR count). The van der Waals surface area contributed by atoms with Crippen molar-refractivity contribution in [2.24, 2.45) is 4.99 Å². The molecule has 0 aliphatic heterocycles. The Hall–Kier alpha value is -0.850. The number of rotatable bonds is 2. The number of hydrogen-bond acceptors (Lipinski definition) is 1. The molecule has 0 saturated carbocycles. The number of aliphatic imine (C=N–C) groups is 1. The first-order valence-electron chi connectivity index (χ1n) is 3.52. The van der Waals surface area contributed by atoms with Crippen molar-refractivity contribution in [2.75, 3.05) is 7.05 Å². The van der Waals surface area contributed by atoms with Gasteiger partial charge in [0.05, 0.1) is 0 Å². The molecule has 0 fully saturated rings. The van der Waals surface area contributed by atoms with E-state index in [0.29, 0.717) is 0 Å². The molecule has 0 bridgehead atoms. The fourth-order valence-corrected chi connectivity index (χ4v) is 0.433. The highest BCUT2D eigenvalue weighted by atomic mass is 14.6. The van der Waals surface area contributed by atoms with Gasteiger partial charge in [0.25, 0.3) is 0 Å². The molecule has 0 aliphatic carbocycles. The lowest BCUT2D eigenvalue weighted by Gasteiger charge is -1.81. The summed E-state index contributed by atoms with van der Waals surface area (Å²) in [5, 5.41) is 0. The monoisotopic (exact) mass is 139 g/mol. The van der Waals surface area contributed by atoms with Gasteiger partial charge in [-0.05, 0) is 12.5 Å². The highest BCUT2D eigenvalue weighted by Gasteiger charge is 1.73. The Bertz CT molecular complexity index is 121. The second-order valence-electron chi connectivity index (χ2n) is 1.53. The molecular formula is C9H17N. The fourth-order valence-electron chi connectivity index (χ4n) is 0.433. The van der Waals surface area contributed by atoms with Crippen molar-refractivity contribution in [1.29, 1.82) is 0 Å². The molecule has 0 amide bonds. The average molecular weight is 139 g/mol.